The zero-order chi connectivity index (χ0) is 17.7. The van der Waals surface area contributed by atoms with Crippen LogP contribution in [0.5, 0.6) is 0 Å². The highest BCUT2D eigenvalue weighted by molar-refractivity contribution is 5.97. The molecular weight excluding hydrogens is 308 g/mol. The van der Waals surface area contributed by atoms with Crippen molar-refractivity contribution in [1.82, 2.24) is 0 Å². The van der Waals surface area contributed by atoms with Gasteiger partial charge in [-0.1, -0.05) is 19.9 Å². The summed E-state index contributed by atoms with van der Waals surface area (Å²) >= 11 is 0. The minimum absolute atomic E-state index is 0.0673. The number of hydrogen-bond acceptors (Lipinski definition) is 3. The molecule has 0 aliphatic carbocycles. The molecule has 2 rings (SSSR count). The number of carbonyl (C=O) groups excluding carboxylic acids is 2. The lowest BCUT2D eigenvalue weighted by Gasteiger charge is -2.26. The van der Waals surface area contributed by atoms with E-state index in [0.717, 1.165) is 12.1 Å². The highest BCUT2D eigenvalue weighted by Gasteiger charge is 2.37. The van der Waals surface area contributed by atoms with Crippen molar-refractivity contribution >= 4 is 29.2 Å². The molecule has 0 atom stereocenters. The summed E-state index contributed by atoms with van der Waals surface area (Å²) in [6.07, 6.45) is 2.11. The van der Waals surface area contributed by atoms with Crippen LogP contribution in [-0.4, -0.2) is 29.4 Å². The number of aliphatic carboxylic acids is 1. The van der Waals surface area contributed by atoms with Crippen molar-refractivity contribution < 1.29 is 19.5 Å². The highest BCUT2D eigenvalue weighted by Crippen LogP contribution is 2.32. The second kappa shape index (κ2) is 7.47. The van der Waals surface area contributed by atoms with Crippen molar-refractivity contribution in [3.63, 3.8) is 0 Å². The van der Waals surface area contributed by atoms with E-state index in [2.05, 4.69) is 5.32 Å². The zero-order valence-electron chi connectivity index (χ0n) is 14.2. The third-order valence-corrected chi connectivity index (χ3v) is 4.82. The maximum atomic E-state index is 12.3. The fraction of sp³-hybridized carbons (Fsp3) is 0.500. The van der Waals surface area contributed by atoms with Crippen molar-refractivity contribution in [2.45, 2.75) is 46.0 Å². The Labute approximate surface area is 141 Å². The van der Waals surface area contributed by atoms with Gasteiger partial charge in [0.05, 0.1) is 5.41 Å². The Balaban J connectivity index is 2.09. The maximum absolute atomic E-state index is 12.3. The first-order chi connectivity index (χ1) is 11.4. The lowest BCUT2D eigenvalue weighted by Crippen LogP contribution is -2.34. The van der Waals surface area contributed by atoms with Crippen LogP contribution in [0, 0.1) is 5.41 Å². The third-order valence-electron chi connectivity index (χ3n) is 4.82. The molecule has 0 saturated carbocycles. The summed E-state index contributed by atoms with van der Waals surface area (Å²) in [4.78, 5) is 37.3. The minimum atomic E-state index is -1.04. The first kappa shape index (κ1) is 18.0. The molecule has 1 heterocycles. The van der Waals surface area contributed by atoms with Crippen LogP contribution < -0.4 is 10.2 Å². The fourth-order valence-electron chi connectivity index (χ4n) is 3.06. The summed E-state index contributed by atoms with van der Waals surface area (Å²) in [5.41, 5.74) is 0.293. The largest absolute Gasteiger partial charge is 0.481 e. The molecule has 0 radical (unpaired) electrons. The van der Waals surface area contributed by atoms with E-state index in [9.17, 15) is 19.5 Å². The molecular formula is C18H24N2O4. The number of hydrogen-bond donors (Lipinski definition) is 2. The molecule has 1 aliphatic rings. The number of amides is 2. The number of carboxylic acids is 1. The highest BCUT2D eigenvalue weighted by atomic mass is 16.4. The van der Waals surface area contributed by atoms with Gasteiger partial charge in [0.2, 0.25) is 11.8 Å². The van der Waals surface area contributed by atoms with E-state index in [-0.39, 0.29) is 18.2 Å². The second-order valence-corrected chi connectivity index (χ2v) is 6.22. The molecule has 0 spiro atoms. The molecule has 1 aromatic rings. The molecule has 2 N–H and O–H groups in total. The van der Waals surface area contributed by atoms with Gasteiger partial charge in [0.1, 0.15) is 0 Å². The Morgan fingerprint density at radius 2 is 2.00 bits per heavy atom. The third kappa shape index (κ3) is 3.75. The fourth-order valence-corrected chi connectivity index (χ4v) is 3.06. The first-order valence-electron chi connectivity index (χ1n) is 8.35. The van der Waals surface area contributed by atoms with Gasteiger partial charge in [-0.05, 0) is 37.5 Å². The summed E-state index contributed by atoms with van der Waals surface area (Å²) in [7, 11) is 0. The van der Waals surface area contributed by atoms with E-state index in [4.69, 9.17) is 0 Å². The Hall–Kier alpha value is -2.37. The average molecular weight is 332 g/mol. The van der Waals surface area contributed by atoms with E-state index in [1.165, 1.54) is 0 Å². The first-order valence-corrected chi connectivity index (χ1v) is 8.35. The summed E-state index contributed by atoms with van der Waals surface area (Å²) in [6.45, 7) is 4.25. The Morgan fingerprint density at radius 3 is 2.54 bits per heavy atom. The van der Waals surface area contributed by atoms with Crippen LogP contribution >= 0.6 is 0 Å². The molecule has 1 fully saturated rings. The lowest BCUT2D eigenvalue weighted by atomic mass is 9.79. The normalized spacial score (nSPS) is 14.8. The van der Waals surface area contributed by atoms with Gasteiger partial charge in [0, 0.05) is 30.8 Å². The van der Waals surface area contributed by atoms with Gasteiger partial charge in [-0.15, -0.1) is 0 Å². The van der Waals surface area contributed by atoms with Gasteiger partial charge in [0.15, 0.2) is 0 Å². The number of nitrogens with one attached hydrogen (secondary N) is 1. The number of nitrogens with zero attached hydrogens (tertiary/aromatic N) is 1. The summed E-state index contributed by atoms with van der Waals surface area (Å²) in [5.74, 6) is -1.19. The van der Waals surface area contributed by atoms with Crippen LogP contribution in [-0.2, 0) is 14.4 Å². The van der Waals surface area contributed by atoms with Crippen molar-refractivity contribution in [2.24, 2.45) is 5.41 Å². The number of carbonyl (C=O) groups is 3. The number of anilines is 2. The molecule has 24 heavy (non-hydrogen) atoms. The van der Waals surface area contributed by atoms with Gasteiger partial charge in [-0.25, -0.2) is 0 Å². The summed E-state index contributed by atoms with van der Waals surface area (Å²) < 4.78 is 0. The summed E-state index contributed by atoms with van der Waals surface area (Å²) in [6, 6.07) is 7.10. The van der Waals surface area contributed by atoms with Crippen molar-refractivity contribution in [3.8, 4) is 0 Å². The minimum Gasteiger partial charge on any atom is -0.481 e. The van der Waals surface area contributed by atoms with Crippen LogP contribution in [0.15, 0.2) is 24.3 Å². The predicted octanol–water partition coefficient (Wildman–Crippen LogP) is 3.03. The lowest BCUT2D eigenvalue weighted by molar-refractivity contribution is -0.151. The van der Waals surface area contributed by atoms with E-state index < -0.39 is 11.4 Å². The molecule has 1 aromatic carbocycles. The van der Waals surface area contributed by atoms with Gasteiger partial charge >= 0.3 is 5.97 Å². The molecule has 6 nitrogen and oxygen atoms in total. The van der Waals surface area contributed by atoms with Gasteiger partial charge < -0.3 is 15.3 Å². The van der Waals surface area contributed by atoms with Gasteiger partial charge in [0.25, 0.3) is 0 Å². The molecule has 2 amide bonds. The molecule has 0 aromatic heterocycles. The SMILES string of the molecule is CCC(CC)(CC(=O)Nc1cccc(N2CCCC2=O)c1)C(=O)O. The maximum Gasteiger partial charge on any atom is 0.310 e. The van der Waals surface area contributed by atoms with E-state index in [1.54, 1.807) is 36.9 Å². The molecule has 130 valence electrons. The van der Waals surface area contributed by atoms with Crippen molar-refractivity contribution in [3.05, 3.63) is 24.3 Å². The zero-order valence-corrected chi connectivity index (χ0v) is 14.2. The average Bonchev–Trinajstić information content (AvgIpc) is 2.98. The van der Waals surface area contributed by atoms with E-state index in [0.29, 0.717) is 31.5 Å². The quantitative estimate of drug-likeness (QED) is 0.803. The molecule has 6 heteroatoms. The number of rotatable bonds is 7. The number of carboxylic acid groups (broad SMARTS) is 1. The van der Waals surface area contributed by atoms with Crippen LogP contribution in [0.2, 0.25) is 0 Å². The van der Waals surface area contributed by atoms with Gasteiger partial charge in [-0.2, -0.15) is 0 Å². The van der Waals surface area contributed by atoms with Crippen molar-refractivity contribution in [1.29, 1.82) is 0 Å². The van der Waals surface area contributed by atoms with Crippen LogP contribution in [0.25, 0.3) is 0 Å². The Bertz CT molecular complexity index is 638. The van der Waals surface area contributed by atoms with Crippen LogP contribution in [0.1, 0.15) is 46.0 Å². The summed E-state index contributed by atoms with van der Waals surface area (Å²) in [5, 5.41) is 12.2. The molecule has 1 saturated heterocycles. The monoisotopic (exact) mass is 332 g/mol. The molecule has 1 aliphatic heterocycles. The van der Waals surface area contributed by atoms with E-state index in [1.807, 2.05) is 6.07 Å². The Kier molecular flexibility index (Phi) is 5.59. The van der Waals surface area contributed by atoms with E-state index >= 15 is 0 Å². The molecule has 0 bridgehead atoms. The second-order valence-electron chi connectivity index (χ2n) is 6.22. The smallest absolute Gasteiger partial charge is 0.310 e. The number of benzene rings is 1. The standard InChI is InChI=1S/C18H24N2O4/c1-3-18(4-2,17(23)24)12-15(21)19-13-7-5-8-14(11-13)20-10-6-9-16(20)22/h5,7-8,11H,3-4,6,9-10,12H2,1-2H3,(H,19,21)(H,23,24). The predicted molar refractivity (Wildman–Crippen MR) is 91.9 cm³/mol. The topological polar surface area (TPSA) is 86.7 Å². The van der Waals surface area contributed by atoms with Gasteiger partial charge in [-0.3, -0.25) is 14.4 Å². The van der Waals surface area contributed by atoms with Crippen LogP contribution in [0.4, 0.5) is 11.4 Å². The Morgan fingerprint density at radius 1 is 1.29 bits per heavy atom. The van der Waals surface area contributed by atoms with Crippen LogP contribution in [0.3, 0.4) is 0 Å². The molecule has 0 unspecified atom stereocenters. The van der Waals surface area contributed by atoms with Crippen molar-refractivity contribution in [2.75, 3.05) is 16.8 Å².